The first kappa shape index (κ1) is 17.3. The molecule has 6 N–H and O–H groups in total. The van der Waals surface area contributed by atoms with Crippen LogP contribution in [0.2, 0.25) is 5.15 Å². The number of nitrogen functional groups attached to an aromatic ring is 2. The number of nitriles is 2. The summed E-state index contributed by atoms with van der Waals surface area (Å²) < 4.78 is 0. The molecule has 0 fully saturated rings. The molecule has 10 heteroatoms. The van der Waals surface area contributed by atoms with Crippen molar-refractivity contribution in [3.63, 3.8) is 0 Å². The molecule has 0 radical (unpaired) electrons. The van der Waals surface area contributed by atoms with E-state index in [2.05, 4.69) is 25.6 Å². The van der Waals surface area contributed by atoms with Gasteiger partial charge in [-0.3, -0.25) is 5.32 Å². The van der Waals surface area contributed by atoms with Gasteiger partial charge in [0.25, 0.3) is 0 Å². The summed E-state index contributed by atoms with van der Waals surface area (Å²) >= 11 is 5.95. The molecule has 28 heavy (non-hydrogen) atoms. The summed E-state index contributed by atoms with van der Waals surface area (Å²) in [5.74, 6) is 0.534. The minimum atomic E-state index is -0.604. The Morgan fingerprint density at radius 2 is 2.00 bits per heavy atom. The first-order chi connectivity index (χ1) is 13.5. The first-order valence-corrected chi connectivity index (χ1v) is 8.43. The van der Waals surface area contributed by atoms with Crippen LogP contribution in [0.25, 0.3) is 10.8 Å². The molecule has 2 aromatic heterocycles. The smallest absolute Gasteiger partial charge is 0.211 e. The number of halogens is 1. The lowest BCUT2D eigenvalue weighted by molar-refractivity contribution is 0.848. The van der Waals surface area contributed by atoms with Crippen LogP contribution in [-0.2, 0) is 0 Å². The zero-order valence-corrected chi connectivity index (χ0v) is 15.0. The van der Waals surface area contributed by atoms with Crippen LogP contribution in [0, 0.1) is 22.8 Å². The molecule has 3 aromatic rings. The highest BCUT2D eigenvalue weighted by Gasteiger charge is 2.29. The third-order valence-corrected chi connectivity index (χ3v) is 4.59. The third-order valence-electron chi connectivity index (χ3n) is 4.39. The minimum absolute atomic E-state index is 0.000519. The Morgan fingerprint density at radius 1 is 1.18 bits per heavy atom. The van der Waals surface area contributed by atoms with Crippen molar-refractivity contribution in [2.45, 2.75) is 6.04 Å². The highest BCUT2D eigenvalue weighted by Crippen LogP contribution is 2.41. The van der Waals surface area contributed by atoms with Crippen LogP contribution in [0.5, 0.6) is 0 Å². The second-order valence-electron chi connectivity index (χ2n) is 6.02. The lowest BCUT2D eigenvalue weighted by atomic mass is 9.94. The number of aromatic nitrogens is 2. The van der Waals surface area contributed by atoms with E-state index in [9.17, 15) is 5.26 Å². The fourth-order valence-electron chi connectivity index (χ4n) is 3.13. The number of fused-ring (bicyclic) bond motifs is 2. The van der Waals surface area contributed by atoms with E-state index in [-0.39, 0.29) is 23.0 Å². The number of benzene rings is 1. The molecule has 1 aliphatic heterocycles. The number of anilines is 3. The molecule has 1 aromatic carbocycles. The van der Waals surface area contributed by atoms with E-state index < -0.39 is 6.04 Å². The van der Waals surface area contributed by atoms with Crippen LogP contribution in [0.15, 0.2) is 35.5 Å². The normalized spacial score (nSPS) is 15.0. The molecule has 0 bridgehead atoms. The van der Waals surface area contributed by atoms with Crippen molar-refractivity contribution in [2.24, 2.45) is 4.99 Å². The van der Waals surface area contributed by atoms with Crippen molar-refractivity contribution < 1.29 is 0 Å². The fourth-order valence-corrected chi connectivity index (χ4v) is 3.29. The summed E-state index contributed by atoms with van der Waals surface area (Å²) in [4.78, 5) is 12.9. The quantitative estimate of drug-likeness (QED) is 0.280. The summed E-state index contributed by atoms with van der Waals surface area (Å²) in [6.07, 6.45) is 3.48. The maximum Gasteiger partial charge on any atom is 0.211 e. The van der Waals surface area contributed by atoms with Crippen LogP contribution in [0.3, 0.4) is 0 Å². The van der Waals surface area contributed by atoms with Crippen LogP contribution in [-0.4, -0.2) is 15.9 Å². The van der Waals surface area contributed by atoms with E-state index in [0.29, 0.717) is 16.5 Å². The Hall–Kier alpha value is -4.08. The molecule has 0 saturated heterocycles. The maximum atomic E-state index is 9.38. The maximum absolute atomic E-state index is 9.38. The highest BCUT2D eigenvalue weighted by atomic mass is 35.5. The molecule has 1 aliphatic rings. The summed E-state index contributed by atoms with van der Waals surface area (Å²) in [5.41, 5.74) is 13.6. The monoisotopic (exact) mass is 389 g/mol. The van der Waals surface area contributed by atoms with E-state index in [4.69, 9.17) is 28.3 Å². The lowest BCUT2D eigenvalue weighted by Gasteiger charge is -2.26. The van der Waals surface area contributed by atoms with Gasteiger partial charge in [-0.25, -0.2) is 15.0 Å². The minimum Gasteiger partial charge on any atom is -0.397 e. The van der Waals surface area contributed by atoms with E-state index in [0.717, 1.165) is 16.3 Å². The van der Waals surface area contributed by atoms with E-state index in [1.54, 1.807) is 12.3 Å². The number of hydrogen-bond acceptors (Lipinski definition) is 9. The Morgan fingerprint density at radius 3 is 2.75 bits per heavy atom. The standard InChI is InChI=1S/C18H12ClN9/c19-12-4-8-1-2-9(3-10(8)6-24-12)15-13-14(22)11(5-20)16(23)27-17(13)28-18(26-15)25-7-21/h1-4,6,15H,(H6,22,23,25,26,27,28). The van der Waals surface area contributed by atoms with Crippen molar-refractivity contribution >= 4 is 45.7 Å². The van der Waals surface area contributed by atoms with Gasteiger partial charge in [0.2, 0.25) is 5.96 Å². The van der Waals surface area contributed by atoms with Crippen molar-refractivity contribution in [3.05, 3.63) is 52.3 Å². The van der Waals surface area contributed by atoms with Crippen LogP contribution >= 0.6 is 11.6 Å². The average molecular weight is 390 g/mol. The molecule has 3 heterocycles. The number of nitrogens with one attached hydrogen (secondary N) is 2. The van der Waals surface area contributed by atoms with Crippen molar-refractivity contribution in [3.8, 4) is 12.3 Å². The van der Waals surface area contributed by atoms with E-state index >= 15 is 0 Å². The molecule has 0 spiro atoms. The van der Waals surface area contributed by atoms with Gasteiger partial charge in [0.15, 0.2) is 6.19 Å². The lowest BCUT2D eigenvalue weighted by Crippen LogP contribution is -2.32. The van der Waals surface area contributed by atoms with Crippen molar-refractivity contribution in [1.82, 2.24) is 15.3 Å². The van der Waals surface area contributed by atoms with Crippen LogP contribution in [0.4, 0.5) is 17.3 Å². The van der Waals surface area contributed by atoms with Crippen molar-refractivity contribution in [2.75, 3.05) is 16.8 Å². The molecular weight excluding hydrogens is 378 g/mol. The Bertz CT molecular complexity index is 1240. The topological polar surface area (TPSA) is 162 Å². The number of rotatable bonds is 1. The van der Waals surface area contributed by atoms with Crippen LogP contribution in [0.1, 0.15) is 22.7 Å². The third kappa shape index (κ3) is 2.76. The van der Waals surface area contributed by atoms with Gasteiger partial charge in [0.05, 0.1) is 5.69 Å². The molecule has 0 amide bonds. The van der Waals surface area contributed by atoms with Gasteiger partial charge in [-0.15, -0.1) is 0 Å². The second-order valence-corrected chi connectivity index (χ2v) is 6.40. The molecule has 0 saturated carbocycles. The van der Waals surface area contributed by atoms with Gasteiger partial charge in [0.1, 0.15) is 34.5 Å². The van der Waals surface area contributed by atoms with Gasteiger partial charge in [-0.1, -0.05) is 23.7 Å². The van der Waals surface area contributed by atoms with E-state index in [1.165, 1.54) is 0 Å². The fraction of sp³-hybridized carbons (Fsp3) is 0.0556. The number of aliphatic imine (C=N–C) groups is 1. The van der Waals surface area contributed by atoms with E-state index in [1.807, 2.05) is 30.5 Å². The molecule has 1 atom stereocenters. The second kappa shape index (κ2) is 6.58. The predicted molar refractivity (Wildman–Crippen MR) is 106 cm³/mol. The molecule has 9 nitrogen and oxygen atoms in total. The number of pyridine rings is 2. The zero-order chi connectivity index (χ0) is 19.8. The summed E-state index contributed by atoms with van der Waals surface area (Å²) in [5, 5.41) is 25.9. The van der Waals surface area contributed by atoms with Gasteiger partial charge in [-0.2, -0.15) is 10.5 Å². The summed E-state index contributed by atoms with van der Waals surface area (Å²) in [6, 6.07) is 8.78. The number of nitrogens with zero attached hydrogens (tertiary/aromatic N) is 5. The summed E-state index contributed by atoms with van der Waals surface area (Å²) in [7, 11) is 0. The zero-order valence-electron chi connectivity index (χ0n) is 14.2. The first-order valence-electron chi connectivity index (χ1n) is 8.06. The number of guanidine groups is 1. The number of nitrogens with two attached hydrogens (primary N) is 2. The predicted octanol–water partition coefficient (Wildman–Crippen LogP) is 2.26. The van der Waals surface area contributed by atoms with Gasteiger partial charge in [0, 0.05) is 17.1 Å². The average Bonchev–Trinajstić information content (AvgIpc) is 2.67. The van der Waals surface area contributed by atoms with Gasteiger partial charge < -0.3 is 16.8 Å². The largest absolute Gasteiger partial charge is 0.397 e. The van der Waals surface area contributed by atoms with Gasteiger partial charge in [-0.05, 0) is 23.1 Å². The Kier molecular flexibility index (Phi) is 4.07. The van der Waals surface area contributed by atoms with Crippen LogP contribution < -0.4 is 22.1 Å². The number of hydrogen-bond donors (Lipinski definition) is 4. The molecule has 1 unspecified atom stereocenters. The van der Waals surface area contributed by atoms with Gasteiger partial charge >= 0.3 is 0 Å². The van der Waals surface area contributed by atoms with Crippen molar-refractivity contribution in [1.29, 1.82) is 10.5 Å². The summed E-state index contributed by atoms with van der Waals surface area (Å²) in [6.45, 7) is 0. The molecule has 136 valence electrons. The molecule has 0 aliphatic carbocycles. The Labute approximate surface area is 164 Å². The molecule has 4 rings (SSSR count). The SMILES string of the molecule is N#CNC1=NC(c2ccc3cc(Cl)ncc3c2)c2c(nc(N)c(C#N)c2N)N1. The molecular formula is C18H12ClN9. The highest BCUT2D eigenvalue weighted by molar-refractivity contribution is 6.30. The Balaban J connectivity index is 1.94.